The van der Waals surface area contributed by atoms with Gasteiger partial charge >= 0.3 is 0 Å². The highest BCUT2D eigenvalue weighted by Gasteiger charge is 1.95. The fraction of sp³-hybridized carbons (Fsp3) is 0.200. The van der Waals surface area contributed by atoms with E-state index in [1.807, 2.05) is 43.3 Å². The minimum atomic E-state index is -0.964. The van der Waals surface area contributed by atoms with Crippen molar-refractivity contribution in [2.45, 2.75) is 18.2 Å². The van der Waals surface area contributed by atoms with Gasteiger partial charge in [0.1, 0.15) is 0 Å². The minimum absolute atomic E-state index is 0.863. The van der Waals surface area contributed by atoms with Gasteiger partial charge in [-0.25, -0.2) is 4.21 Å². The molecule has 1 nitrogen and oxygen atoms in total. The molecule has 0 fully saturated rings. The Morgan fingerprint density at radius 1 is 1.33 bits per heavy atom. The van der Waals surface area contributed by atoms with Gasteiger partial charge in [0.05, 0.1) is 10.8 Å². The summed E-state index contributed by atoms with van der Waals surface area (Å²) in [5.41, 5.74) is 0. The van der Waals surface area contributed by atoms with Crippen molar-refractivity contribution in [1.29, 1.82) is 0 Å². The van der Waals surface area contributed by atoms with Gasteiger partial charge in [-0.1, -0.05) is 31.2 Å². The van der Waals surface area contributed by atoms with E-state index in [4.69, 9.17) is 0 Å². The molecular weight excluding hydrogens is 168 g/mol. The first-order valence-electron chi connectivity index (χ1n) is 3.97. The fourth-order valence-electron chi connectivity index (χ4n) is 0.817. The van der Waals surface area contributed by atoms with Crippen LogP contribution in [0.3, 0.4) is 0 Å². The first kappa shape index (κ1) is 9.20. The number of hydrogen-bond donors (Lipinski definition) is 0. The monoisotopic (exact) mass is 180 g/mol. The molecule has 0 spiro atoms. The van der Waals surface area contributed by atoms with Crippen molar-refractivity contribution in [1.82, 2.24) is 0 Å². The van der Waals surface area contributed by atoms with Crippen LogP contribution in [-0.4, -0.2) is 4.21 Å². The Kier molecular flexibility index (Phi) is 3.74. The first-order chi connectivity index (χ1) is 5.84. The standard InChI is InChI=1S/C10H12OS/c1-2-3-9-12(11)10-7-5-4-6-8-10/h3-9H,2H2,1H3/b9-3-. The molecule has 64 valence electrons. The third kappa shape index (κ3) is 2.62. The molecule has 12 heavy (non-hydrogen) atoms. The Morgan fingerprint density at radius 2 is 2.00 bits per heavy atom. The average molecular weight is 180 g/mol. The first-order valence-corrected chi connectivity index (χ1v) is 5.18. The van der Waals surface area contributed by atoms with Gasteiger partial charge < -0.3 is 0 Å². The molecule has 0 bridgehead atoms. The van der Waals surface area contributed by atoms with E-state index in [2.05, 4.69) is 0 Å². The quantitative estimate of drug-likeness (QED) is 0.699. The van der Waals surface area contributed by atoms with Crippen LogP contribution in [0.4, 0.5) is 0 Å². The molecule has 1 rings (SSSR count). The summed E-state index contributed by atoms with van der Waals surface area (Å²) in [6.45, 7) is 2.03. The maximum Gasteiger partial charge on any atom is 0.0772 e. The number of allylic oxidation sites excluding steroid dienone is 1. The summed E-state index contributed by atoms with van der Waals surface area (Å²) < 4.78 is 11.4. The second kappa shape index (κ2) is 4.88. The Labute approximate surface area is 75.6 Å². The highest BCUT2D eigenvalue weighted by molar-refractivity contribution is 7.88. The zero-order valence-electron chi connectivity index (χ0n) is 7.07. The Balaban J connectivity index is 2.72. The van der Waals surface area contributed by atoms with Crippen LogP contribution in [0.15, 0.2) is 46.7 Å². The Morgan fingerprint density at radius 3 is 2.58 bits per heavy atom. The summed E-state index contributed by atoms with van der Waals surface area (Å²) in [6.07, 6.45) is 2.85. The van der Waals surface area contributed by atoms with Crippen molar-refractivity contribution in [2.24, 2.45) is 0 Å². The molecule has 0 aliphatic rings. The van der Waals surface area contributed by atoms with Crippen LogP contribution in [0.2, 0.25) is 0 Å². The van der Waals surface area contributed by atoms with Gasteiger partial charge in [-0.2, -0.15) is 0 Å². The van der Waals surface area contributed by atoms with Crippen LogP contribution >= 0.6 is 0 Å². The summed E-state index contributed by atoms with van der Waals surface area (Å²) in [7, 11) is -0.964. The highest BCUT2D eigenvalue weighted by atomic mass is 32.2. The second-order valence-electron chi connectivity index (χ2n) is 2.39. The zero-order chi connectivity index (χ0) is 8.81. The summed E-state index contributed by atoms with van der Waals surface area (Å²) in [5, 5.41) is 1.73. The van der Waals surface area contributed by atoms with E-state index < -0.39 is 10.8 Å². The molecule has 0 heterocycles. The van der Waals surface area contributed by atoms with Gasteiger partial charge in [-0.15, -0.1) is 0 Å². The van der Waals surface area contributed by atoms with Crippen molar-refractivity contribution in [2.75, 3.05) is 0 Å². The molecule has 0 N–H and O–H groups in total. The van der Waals surface area contributed by atoms with Gasteiger partial charge in [0, 0.05) is 10.3 Å². The van der Waals surface area contributed by atoms with Gasteiger partial charge in [-0.3, -0.25) is 0 Å². The smallest absolute Gasteiger partial charge is 0.0772 e. The molecule has 0 saturated carbocycles. The molecule has 0 radical (unpaired) electrons. The third-order valence-corrected chi connectivity index (χ3v) is 2.61. The average Bonchev–Trinajstić information content (AvgIpc) is 2.15. The van der Waals surface area contributed by atoms with Crippen LogP contribution in [0.5, 0.6) is 0 Å². The predicted molar refractivity (Wildman–Crippen MR) is 52.3 cm³/mol. The maximum absolute atomic E-state index is 11.4. The molecule has 1 unspecified atom stereocenters. The molecule has 1 aromatic carbocycles. The molecule has 1 aromatic rings. The molecule has 1 atom stereocenters. The minimum Gasteiger partial charge on any atom is -0.250 e. The van der Waals surface area contributed by atoms with Crippen LogP contribution in [0.25, 0.3) is 0 Å². The fourth-order valence-corrected chi connectivity index (χ4v) is 1.77. The zero-order valence-corrected chi connectivity index (χ0v) is 7.88. The Hall–Kier alpha value is -0.890. The van der Waals surface area contributed by atoms with Gasteiger partial charge in [0.25, 0.3) is 0 Å². The van der Waals surface area contributed by atoms with Crippen molar-refractivity contribution < 1.29 is 4.21 Å². The van der Waals surface area contributed by atoms with Gasteiger partial charge in [0.2, 0.25) is 0 Å². The van der Waals surface area contributed by atoms with Crippen LogP contribution in [-0.2, 0) is 10.8 Å². The maximum atomic E-state index is 11.4. The molecule has 0 aliphatic carbocycles. The summed E-state index contributed by atoms with van der Waals surface area (Å²) in [6, 6.07) is 9.45. The lowest BCUT2D eigenvalue weighted by Crippen LogP contribution is -1.84. The molecule has 0 saturated heterocycles. The van der Waals surface area contributed by atoms with Crippen molar-refractivity contribution in [3.8, 4) is 0 Å². The topological polar surface area (TPSA) is 17.1 Å². The normalized spacial score (nSPS) is 13.4. The second-order valence-corrected chi connectivity index (χ2v) is 3.73. The van der Waals surface area contributed by atoms with Crippen LogP contribution in [0.1, 0.15) is 13.3 Å². The number of benzene rings is 1. The van der Waals surface area contributed by atoms with E-state index in [-0.39, 0.29) is 0 Å². The molecular formula is C10H12OS. The summed E-state index contributed by atoms with van der Waals surface area (Å²) in [4.78, 5) is 0.863. The van der Waals surface area contributed by atoms with Crippen molar-refractivity contribution in [3.05, 3.63) is 41.8 Å². The predicted octanol–water partition coefficient (Wildman–Crippen LogP) is 2.72. The third-order valence-electron chi connectivity index (χ3n) is 1.43. The van der Waals surface area contributed by atoms with E-state index >= 15 is 0 Å². The van der Waals surface area contributed by atoms with E-state index in [1.165, 1.54) is 0 Å². The summed E-state index contributed by atoms with van der Waals surface area (Å²) >= 11 is 0. The van der Waals surface area contributed by atoms with Crippen LogP contribution < -0.4 is 0 Å². The molecule has 0 amide bonds. The largest absolute Gasteiger partial charge is 0.250 e. The van der Waals surface area contributed by atoms with Crippen molar-refractivity contribution in [3.63, 3.8) is 0 Å². The lowest BCUT2D eigenvalue weighted by Gasteiger charge is -1.93. The molecule has 0 aliphatic heterocycles. The lowest BCUT2D eigenvalue weighted by atomic mass is 10.4. The highest BCUT2D eigenvalue weighted by Crippen LogP contribution is 2.06. The lowest BCUT2D eigenvalue weighted by molar-refractivity contribution is 0.688. The molecule has 2 heteroatoms. The van der Waals surface area contributed by atoms with Crippen molar-refractivity contribution >= 4 is 10.8 Å². The number of hydrogen-bond acceptors (Lipinski definition) is 1. The molecule has 0 aromatic heterocycles. The number of rotatable bonds is 3. The summed E-state index contributed by atoms with van der Waals surface area (Å²) in [5.74, 6) is 0. The van der Waals surface area contributed by atoms with Crippen LogP contribution in [0, 0.1) is 0 Å². The van der Waals surface area contributed by atoms with E-state index in [1.54, 1.807) is 5.41 Å². The van der Waals surface area contributed by atoms with E-state index in [0.717, 1.165) is 11.3 Å². The van der Waals surface area contributed by atoms with E-state index in [0.29, 0.717) is 0 Å². The Bertz CT molecular complexity index is 277. The van der Waals surface area contributed by atoms with E-state index in [9.17, 15) is 4.21 Å². The van der Waals surface area contributed by atoms with Gasteiger partial charge in [-0.05, 0) is 18.6 Å². The SMILES string of the molecule is CC/C=C\S(=O)c1ccccc1. The van der Waals surface area contributed by atoms with Gasteiger partial charge in [0.15, 0.2) is 0 Å².